The molecule has 0 bridgehead atoms. The largest absolute Gasteiger partial charge is 0.477 e. The van der Waals surface area contributed by atoms with E-state index in [4.69, 9.17) is 5.11 Å². The van der Waals surface area contributed by atoms with Crippen molar-refractivity contribution in [2.24, 2.45) is 0 Å². The lowest BCUT2D eigenvalue weighted by atomic mass is 10.4. The zero-order valence-electron chi connectivity index (χ0n) is 11.0. The van der Waals surface area contributed by atoms with Gasteiger partial charge >= 0.3 is 5.97 Å². The number of aromatic nitrogens is 1. The fraction of sp³-hybridized carbons (Fsp3) is 0.583. The Morgan fingerprint density at radius 2 is 2.16 bits per heavy atom. The molecule has 0 aromatic carbocycles. The molecule has 19 heavy (non-hydrogen) atoms. The maximum absolute atomic E-state index is 12.2. The monoisotopic (exact) mass is 286 g/mol. The number of carbonyl (C=O) groups is 1. The average molecular weight is 286 g/mol. The van der Waals surface area contributed by atoms with Gasteiger partial charge in [-0.05, 0) is 32.3 Å². The van der Waals surface area contributed by atoms with Crippen LogP contribution in [0.3, 0.4) is 0 Å². The molecule has 1 aromatic heterocycles. The number of nitrogens with one attached hydrogen (secondary N) is 1. The van der Waals surface area contributed by atoms with E-state index in [0.29, 0.717) is 6.54 Å². The van der Waals surface area contributed by atoms with Crippen molar-refractivity contribution < 1.29 is 18.3 Å². The number of aryl methyl sites for hydroxylation is 1. The molecule has 1 heterocycles. The summed E-state index contributed by atoms with van der Waals surface area (Å²) >= 11 is 0. The van der Waals surface area contributed by atoms with E-state index in [1.54, 1.807) is 0 Å². The van der Waals surface area contributed by atoms with Gasteiger partial charge in [0.1, 0.15) is 10.6 Å². The first-order valence-electron chi connectivity index (χ1n) is 6.25. The van der Waals surface area contributed by atoms with Crippen molar-refractivity contribution in [3.63, 3.8) is 0 Å². The zero-order chi connectivity index (χ0) is 14.3. The highest BCUT2D eigenvalue weighted by Gasteiger charge is 2.41. The van der Waals surface area contributed by atoms with Crippen LogP contribution in [0.1, 0.15) is 43.6 Å². The van der Waals surface area contributed by atoms with Gasteiger partial charge in [0.2, 0.25) is 10.0 Å². The number of hydrogen-bond donors (Lipinski definition) is 2. The number of aromatic carboxylic acids is 1. The zero-order valence-corrected chi connectivity index (χ0v) is 11.8. The predicted molar refractivity (Wildman–Crippen MR) is 69.6 cm³/mol. The van der Waals surface area contributed by atoms with E-state index in [-0.39, 0.29) is 16.1 Å². The van der Waals surface area contributed by atoms with E-state index in [0.717, 1.165) is 19.3 Å². The smallest absolute Gasteiger partial charge is 0.352 e. The lowest BCUT2D eigenvalue weighted by Gasteiger charge is -2.10. The molecule has 1 fully saturated rings. The number of carboxylic acid groups (broad SMARTS) is 1. The number of rotatable bonds is 6. The maximum Gasteiger partial charge on any atom is 0.352 e. The summed E-state index contributed by atoms with van der Waals surface area (Å²) in [7, 11) is -3.64. The second-order valence-electron chi connectivity index (χ2n) is 5.23. The van der Waals surface area contributed by atoms with Gasteiger partial charge in [-0.15, -0.1) is 0 Å². The van der Waals surface area contributed by atoms with Crippen molar-refractivity contribution in [2.45, 2.75) is 50.1 Å². The van der Waals surface area contributed by atoms with E-state index >= 15 is 0 Å². The predicted octanol–water partition coefficient (Wildman–Crippen LogP) is 1.43. The van der Waals surface area contributed by atoms with Crippen molar-refractivity contribution in [3.8, 4) is 0 Å². The molecule has 2 N–H and O–H groups in total. The lowest BCUT2D eigenvalue weighted by Crippen LogP contribution is -2.34. The third kappa shape index (κ3) is 2.98. The Labute approximate surface area is 112 Å². The molecule has 0 aliphatic heterocycles. The van der Waals surface area contributed by atoms with E-state index in [1.165, 1.54) is 16.8 Å². The number of nitrogens with zero attached hydrogens (tertiary/aromatic N) is 1. The third-order valence-corrected chi connectivity index (χ3v) is 4.85. The fourth-order valence-electron chi connectivity index (χ4n) is 1.91. The third-order valence-electron chi connectivity index (χ3n) is 3.25. The van der Waals surface area contributed by atoms with E-state index in [9.17, 15) is 13.2 Å². The molecule has 106 valence electrons. The van der Waals surface area contributed by atoms with Crippen LogP contribution in [0.5, 0.6) is 0 Å². The Kier molecular flexibility index (Phi) is 3.44. The van der Waals surface area contributed by atoms with Gasteiger partial charge < -0.3 is 9.67 Å². The molecule has 1 aliphatic carbocycles. The van der Waals surface area contributed by atoms with Crippen molar-refractivity contribution in [3.05, 3.63) is 18.0 Å². The summed E-state index contributed by atoms with van der Waals surface area (Å²) in [5.41, 5.74) is -0.363. The molecular weight excluding hydrogens is 268 g/mol. The molecule has 6 nitrogen and oxygen atoms in total. The quantitative estimate of drug-likeness (QED) is 0.828. The van der Waals surface area contributed by atoms with Crippen LogP contribution in [0.4, 0.5) is 0 Å². The first-order valence-corrected chi connectivity index (χ1v) is 7.73. The molecule has 1 saturated carbocycles. The summed E-state index contributed by atoms with van der Waals surface area (Å²) in [4.78, 5) is 11.1. The molecule has 0 radical (unpaired) electrons. The Morgan fingerprint density at radius 3 is 2.63 bits per heavy atom. The molecule has 0 atom stereocenters. The lowest BCUT2D eigenvalue weighted by molar-refractivity contribution is 0.0685. The van der Waals surface area contributed by atoms with Gasteiger partial charge in [-0.1, -0.05) is 6.92 Å². The van der Waals surface area contributed by atoms with Crippen LogP contribution in [-0.4, -0.2) is 29.6 Å². The van der Waals surface area contributed by atoms with Crippen molar-refractivity contribution in [2.75, 3.05) is 0 Å². The van der Waals surface area contributed by atoms with Crippen LogP contribution in [-0.2, 0) is 16.6 Å². The summed E-state index contributed by atoms with van der Waals surface area (Å²) < 4.78 is 28.4. The Balaban J connectivity index is 2.34. The van der Waals surface area contributed by atoms with Crippen molar-refractivity contribution >= 4 is 16.0 Å². The summed E-state index contributed by atoms with van der Waals surface area (Å²) in [5.74, 6) is -1.12. The minimum atomic E-state index is -3.64. The minimum absolute atomic E-state index is 0.00294. The number of carboxylic acids is 1. The molecule has 0 unspecified atom stereocenters. The van der Waals surface area contributed by atoms with Crippen LogP contribution in [0.15, 0.2) is 17.2 Å². The molecule has 1 aromatic rings. The van der Waals surface area contributed by atoms with Crippen molar-refractivity contribution in [1.29, 1.82) is 0 Å². The average Bonchev–Trinajstić information content (AvgIpc) is 2.85. The van der Waals surface area contributed by atoms with Crippen LogP contribution in [0.2, 0.25) is 0 Å². The first-order chi connectivity index (χ1) is 8.77. The van der Waals surface area contributed by atoms with Gasteiger partial charge in [-0.3, -0.25) is 0 Å². The van der Waals surface area contributed by atoms with E-state index in [1.807, 2.05) is 13.8 Å². The molecule has 7 heteroatoms. The molecule has 1 aliphatic rings. The van der Waals surface area contributed by atoms with Crippen LogP contribution in [0.25, 0.3) is 0 Å². The van der Waals surface area contributed by atoms with Crippen LogP contribution < -0.4 is 4.72 Å². The second kappa shape index (κ2) is 4.64. The summed E-state index contributed by atoms with van der Waals surface area (Å²) in [6, 6.07) is 1.21. The number of hydrogen-bond acceptors (Lipinski definition) is 3. The Hall–Kier alpha value is -1.34. The molecule has 0 amide bonds. The summed E-state index contributed by atoms with van der Waals surface area (Å²) in [6.07, 6.45) is 3.75. The Bertz CT molecular complexity index is 599. The Morgan fingerprint density at radius 1 is 1.53 bits per heavy atom. The summed E-state index contributed by atoms with van der Waals surface area (Å²) in [6.45, 7) is 4.23. The van der Waals surface area contributed by atoms with E-state index < -0.39 is 16.0 Å². The SMILES string of the molecule is CCCn1cc(S(=O)(=O)NC2(C)CC2)cc1C(=O)O. The van der Waals surface area contributed by atoms with E-state index in [2.05, 4.69) is 4.72 Å². The topological polar surface area (TPSA) is 88.4 Å². The minimum Gasteiger partial charge on any atom is -0.477 e. The normalized spacial score (nSPS) is 17.4. The highest BCUT2D eigenvalue weighted by Crippen LogP contribution is 2.36. The van der Waals surface area contributed by atoms with Gasteiger partial charge in [0, 0.05) is 18.3 Å². The van der Waals surface area contributed by atoms with Gasteiger partial charge in [0.15, 0.2) is 0 Å². The van der Waals surface area contributed by atoms with Gasteiger partial charge in [0.25, 0.3) is 0 Å². The molecular formula is C12H18N2O4S. The first kappa shape index (κ1) is 14.1. The van der Waals surface area contributed by atoms with Crippen LogP contribution in [0, 0.1) is 0 Å². The second-order valence-corrected chi connectivity index (χ2v) is 6.91. The summed E-state index contributed by atoms with van der Waals surface area (Å²) in [5, 5.41) is 9.08. The highest BCUT2D eigenvalue weighted by atomic mass is 32.2. The maximum atomic E-state index is 12.2. The number of sulfonamides is 1. The fourth-order valence-corrected chi connectivity index (χ4v) is 3.41. The van der Waals surface area contributed by atoms with Crippen LogP contribution >= 0.6 is 0 Å². The van der Waals surface area contributed by atoms with Gasteiger partial charge in [-0.2, -0.15) is 0 Å². The highest BCUT2D eigenvalue weighted by molar-refractivity contribution is 7.89. The van der Waals surface area contributed by atoms with Gasteiger partial charge in [-0.25, -0.2) is 17.9 Å². The molecule has 0 spiro atoms. The van der Waals surface area contributed by atoms with Crippen molar-refractivity contribution in [1.82, 2.24) is 9.29 Å². The standard InChI is InChI=1S/C12H18N2O4S/c1-3-6-14-8-9(7-10(14)11(15)16)19(17,18)13-12(2)4-5-12/h7-8,13H,3-6H2,1-2H3,(H,15,16). The van der Waals surface area contributed by atoms with Gasteiger partial charge in [0.05, 0.1) is 0 Å². The molecule has 2 rings (SSSR count). The molecule has 0 saturated heterocycles.